The summed E-state index contributed by atoms with van der Waals surface area (Å²) in [4.78, 5) is 13.5. The fourth-order valence-electron chi connectivity index (χ4n) is 3.97. The molecule has 0 spiro atoms. The number of carboxylic acid groups (broad SMARTS) is 1. The number of halogens is 1. The molecule has 1 aromatic heterocycles. The van der Waals surface area contributed by atoms with E-state index in [1.165, 1.54) is 17.1 Å². The summed E-state index contributed by atoms with van der Waals surface area (Å²) in [5.74, 6) is -1.13. The molecule has 140 valence electrons. The molecule has 4 rings (SSSR count). The largest absolute Gasteiger partial charge is 0.481 e. The van der Waals surface area contributed by atoms with E-state index >= 15 is 0 Å². The van der Waals surface area contributed by atoms with Crippen LogP contribution in [-0.4, -0.2) is 33.6 Å². The molecule has 2 aromatic carbocycles. The zero-order valence-corrected chi connectivity index (χ0v) is 15.1. The molecule has 4 nitrogen and oxygen atoms in total. The van der Waals surface area contributed by atoms with Crippen LogP contribution in [0.25, 0.3) is 10.9 Å². The first-order valence-corrected chi connectivity index (χ1v) is 9.37. The molecule has 1 aliphatic rings. The number of hydrogen-bond donors (Lipinski definition) is 1. The number of aliphatic carboxylic acids is 1. The number of benzene rings is 2. The van der Waals surface area contributed by atoms with Crippen LogP contribution in [0.1, 0.15) is 24.1 Å². The molecule has 1 saturated heterocycles. The topological polar surface area (TPSA) is 45.5 Å². The molecular formula is C22H23FN2O2. The SMILES string of the molecule is O=C(O)C1CCN(Cc2cc3ccccc3n2Cc2cccc(F)c2)CC1. The molecule has 0 atom stereocenters. The van der Waals surface area contributed by atoms with Crippen LogP contribution in [0.4, 0.5) is 4.39 Å². The third kappa shape index (κ3) is 3.88. The van der Waals surface area contributed by atoms with Gasteiger partial charge in [0.1, 0.15) is 5.82 Å². The fraction of sp³-hybridized carbons (Fsp3) is 0.318. The van der Waals surface area contributed by atoms with Gasteiger partial charge in [-0.15, -0.1) is 0 Å². The smallest absolute Gasteiger partial charge is 0.306 e. The minimum Gasteiger partial charge on any atom is -0.481 e. The molecule has 0 aliphatic carbocycles. The van der Waals surface area contributed by atoms with Crippen LogP contribution in [0, 0.1) is 11.7 Å². The monoisotopic (exact) mass is 366 g/mol. The summed E-state index contributed by atoms with van der Waals surface area (Å²) in [5, 5.41) is 10.4. The quantitative estimate of drug-likeness (QED) is 0.739. The van der Waals surface area contributed by atoms with E-state index in [9.17, 15) is 14.3 Å². The number of carboxylic acids is 1. The van der Waals surface area contributed by atoms with E-state index in [4.69, 9.17) is 0 Å². The number of hydrogen-bond acceptors (Lipinski definition) is 2. The molecule has 0 bridgehead atoms. The van der Waals surface area contributed by atoms with Crippen LogP contribution >= 0.6 is 0 Å². The molecule has 0 saturated carbocycles. The van der Waals surface area contributed by atoms with Crippen LogP contribution in [0.5, 0.6) is 0 Å². The minimum absolute atomic E-state index is 0.221. The van der Waals surface area contributed by atoms with Crippen molar-refractivity contribution in [3.63, 3.8) is 0 Å². The fourth-order valence-corrected chi connectivity index (χ4v) is 3.97. The van der Waals surface area contributed by atoms with Crippen molar-refractivity contribution in [1.29, 1.82) is 0 Å². The number of piperidine rings is 1. The lowest BCUT2D eigenvalue weighted by Crippen LogP contribution is -2.36. The van der Waals surface area contributed by atoms with E-state index in [1.54, 1.807) is 12.1 Å². The van der Waals surface area contributed by atoms with E-state index in [0.29, 0.717) is 19.4 Å². The zero-order chi connectivity index (χ0) is 18.8. The zero-order valence-electron chi connectivity index (χ0n) is 15.1. The Morgan fingerprint density at radius 2 is 1.81 bits per heavy atom. The van der Waals surface area contributed by atoms with E-state index in [1.807, 2.05) is 18.2 Å². The standard InChI is InChI=1S/C22H23FN2O2/c23-19-6-3-4-16(12-19)14-25-20(13-18-5-1-2-7-21(18)25)15-24-10-8-17(9-11-24)22(26)27/h1-7,12-13,17H,8-11,14-15H2,(H,26,27). The number of aromatic nitrogens is 1. The van der Waals surface area contributed by atoms with Gasteiger partial charge in [-0.3, -0.25) is 9.69 Å². The Kier molecular flexibility index (Phi) is 4.94. The molecule has 0 amide bonds. The van der Waals surface area contributed by atoms with Crippen LogP contribution < -0.4 is 0 Å². The Balaban J connectivity index is 1.59. The lowest BCUT2D eigenvalue weighted by Gasteiger charge is -2.30. The molecule has 0 unspecified atom stereocenters. The van der Waals surface area contributed by atoms with Gasteiger partial charge in [0.25, 0.3) is 0 Å². The van der Waals surface area contributed by atoms with Crippen LogP contribution in [0.2, 0.25) is 0 Å². The Bertz CT molecular complexity index is 958. The van der Waals surface area contributed by atoms with Crippen LogP contribution in [0.15, 0.2) is 54.6 Å². The Morgan fingerprint density at radius 1 is 1.04 bits per heavy atom. The van der Waals surface area contributed by atoms with Gasteiger partial charge < -0.3 is 9.67 Å². The second kappa shape index (κ2) is 7.53. The first kappa shape index (κ1) is 17.7. The maximum atomic E-state index is 13.6. The van der Waals surface area contributed by atoms with Gasteiger partial charge in [0.2, 0.25) is 0 Å². The average molecular weight is 366 g/mol. The van der Waals surface area contributed by atoms with Gasteiger partial charge in [-0.25, -0.2) is 4.39 Å². The second-order valence-corrected chi connectivity index (χ2v) is 7.30. The lowest BCUT2D eigenvalue weighted by molar-refractivity contribution is -0.143. The number of para-hydroxylation sites is 1. The first-order valence-electron chi connectivity index (χ1n) is 9.37. The summed E-state index contributed by atoms with van der Waals surface area (Å²) in [5.41, 5.74) is 3.24. The molecule has 2 heterocycles. The Labute approximate surface area is 157 Å². The number of fused-ring (bicyclic) bond motifs is 1. The maximum Gasteiger partial charge on any atom is 0.306 e. The summed E-state index contributed by atoms with van der Waals surface area (Å²) in [6.07, 6.45) is 1.39. The van der Waals surface area contributed by atoms with Crippen molar-refractivity contribution in [3.05, 3.63) is 71.7 Å². The second-order valence-electron chi connectivity index (χ2n) is 7.30. The van der Waals surface area contributed by atoms with Gasteiger partial charge in [0, 0.05) is 24.3 Å². The number of carbonyl (C=O) groups is 1. The molecule has 0 radical (unpaired) electrons. The highest BCUT2D eigenvalue weighted by molar-refractivity contribution is 5.81. The van der Waals surface area contributed by atoms with Crippen molar-refractivity contribution < 1.29 is 14.3 Å². The maximum absolute atomic E-state index is 13.6. The number of rotatable bonds is 5. The predicted molar refractivity (Wildman–Crippen MR) is 103 cm³/mol. The Morgan fingerprint density at radius 3 is 2.56 bits per heavy atom. The molecular weight excluding hydrogens is 343 g/mol. The van der Waals surface area contributed by atoms with Crippen molar-refractivity contribution in [3.8, 4) is 0 Å². The third-order valence-electron chi connectivity index (χ3n) is 5.45. The van der Waals surface area contributed by atoms with E-state index in [-0.39, 0.29) is 11.7 Å². The molecule has 5 heteroatoms. The van der Waals surface area contributed by atoms with E-state index in [2.05, 4.69) is 27.7 Å². The van der Waals surface area contributed by atoms with Crippen molar-refractivity contribution in [2.24, 2.45) is 5.92 Å². The molecule has 1 aliphatic heterocycles. The minimum atomic E-state index is -0.685. The van der Waals surface area contributed by atoms with Crippen LogP contribution in [-0.2, 0) is 17.9 Å². The molecule has 3 aromatic rings. The van der Waals surface area contributed by atoms with Gasteiger partial charge in [-0.1, -0.05) is 30.3 Å². The molecule has 1 N–H and O–H groups in total. The summed E-state index contributed by atoms with van der Waals surface area (Å²) in [6, 6.07) is 17.2. The van der Waals surface area contributed by atoms with E-state index in [0.717, 1.165) is 30.7 Å². The van der Waals surface area contributed by atoms with Crippen LogP contribution in [0.3, 0.4) is 0 Å². The summed E-state index contributed by atoms with van der Waals surface area (Å²) in [6.45, 7) is 2.97. The number of nitrogens with zero attached hydrogens (tertiary/aromatic N) is 2. The summed E-state index contributed by atoms with van der Waals surface area (Å²) >= 11 is 0. The highest BCUT2D eigenvalue weighted by atomic mass is 19.1. The van der Waals surface area contributed by atoms with Gasteiger partial charge in [-0.05, 0) is 61.1 Å². The predicted octanol–water partition coefficient (Wildman–Crippen LogP) is 4.13. The number of likely N-dealkylation sites (tertiary alicyclic amines) is 1. The highest BCUT2D eigenvalue weighted by Crippen LogP contribution is 2.25. The third-order valence-corrected chi connectivity index (χ3v) is 5.45. The lowest BCUT2D eigenvalue weighted by atomic mass is 9.97. The highest BCUT2D eigenvalue weighted by Gasteiger charge is 2.25. The first-order chi connectivity index (χ1) is 13.1. The van der Waals surface area contributed by atoms with Crippen molar-refractivity contribution in [2.45, 2.75) is 25.9 Å². The van der Waals surface area contributed by atoms with Gasteiger partial charge >= 0.3 is 5.97 Å². The average Bonchev–Trinajstić information content (AvgIpc) is 2.99. The van der Waals surface area contributed by atoms with E-state index < -0.39 is 5.97 Å². The summed E-state index contributed by atoms with van der Waals surface area (Å²) < 4.78 is 15.9. The summed E-state index contributed by atoms with van der Waals surface area (Å²) in [7, 11) is 0. The van der Waals surface area contributed by atoms with Gasteiger partial charge in [-0.2, -0.15) is 0 Å². The Hall–Kier alpha value is -2.66. The van der Waals surface area contributed by atoms with Gasteiger partial charge in [0.15, 0.2) is 0 Å². The van der Waals surface area contributed by atoms with Crippen molar-refractivity contribution >= 4 is 16.9 Å². The molecule has 27 heavy (non-hydrogen) atoms. The molecule has 1 fully saturated rings. The van der Waals surface area contributed by atoms with Crippen molar-refractivity contribution in [2.75, 3.05) is 13.1 Å². The normalized spacial score (nSPS) is 16.0. The van der Waals surface area contributed by atoms with Crippen molar-refractivity contribution in [1.82, 2.24) is 9.47 Å². The van der Waals surface area contributed by atoms with Gasteiger partial charge in [0.05, 0.1) is 5.92 Å².